The average Bonchev–Trinajstić information content (AvgIpc) is 3.72. The van der Waals surface area contributed by atoms with Crippen molar-refractivity contribution < 1.29 is 38.4 Å². The van der Waals surface area contributed by atoms with E-state index in [0.717, 1.165) is 0 Å². The van der Waals surface area contributed by atoms with Gasteiger partial charge in [-0.3, -0.25) is 0 Å². The fourth-order valence-electron chi connectivity index (χ4n) is 5.10. The number of urea groups is 1. The van der Waals surface area contributed by atoms with Crippen LogP contribution in [0.4, 0.5) is 14.9 Å². The number of amides is 2. The molecule has 5 rings (SSSR count). The Hall–Kier alpha value is -4.31. The summed E-state index contributed by atoms with van der Waals surface area (Å²) in [7, 11) is 0. The van der Waals surface area contributed by atoms with Gasteiger partial charge in [0.25, 0.3) is 0 Å². The maximum atomic E-state index is 13.4. The topological polar surface area (TPSA) is 118 Å². The number of halogens is 1. The highest BCUT2D eigenvalue weighted by Gasteiger charge is 2.53. The van der Waals surface area contributed by atoms with E-state index in [1.165, 1.54) is 24.3 Å². The number of benzene rings is 3. The van der Waals surface area contributed by atoms with E-state index in [2.05, 4.69) is 19.2 Å². The molecule has 0 atom stereocenters. The zero-order valence-electron chi connectivity index (χ0n) is 23.6. The van der Waals surface area contributed by atoms with Crippen molar-refractivity contribution in [3.8, 4) is 28.7 Å². The van der Waals surface area contributed by atoms with Crippen LogP contribution in [-0.4, -0.2) is 51.4 Å². The first-order valence-electron chi connectivity index (χ1n) is 14.1. The van der Waals surface area contributed by atoms with Crippen LogP contribution in [0, 0.1) is 11.7 Å². The lowest BCUT2D eigenvalue weighted by Gasteiger charge is -2.39. The quantitative estimate of drug-likeness (QED) is 0.242. The van der Waals surface area contributed by atoms with Gasteiger partial charge < -0.3 is 34.6 Å². The number of likely N-dealkylation sites (tertiary alicyclic amines) is 1. The maximum Gasteiger partial charge on any atom is 0.348 e. The van der Waals surface area contributed by atoms with Crippen molar-refractivity contribution in [3.05, 3.63) is 72.5 Å². The summed E-state index contributed by atoms with van der Waals surface area (Å²) in [6.07, 6.45) is 2.64. The molecule has 3 N–H and O–H groups in total. The number of aliphatic carboxylic acids is 1. The standard InChI is InChI=1S/C32H35FN2O7/c1-21(2)20-31(39)13-15-35(16-14-31)30(38)34-23-17-27(40-24-5-3-22(33)4-6-24)19-28(18-23)41-25-7-9-26(10-8-25)42-32(11-12-32)29(36)37/h3-10,17-19,21,39H,11-16,20H2,1-2H3,(H,34,38)(H,36,37). The molecule has 10 heteroatoms. The molecular formula is C32H35FN2O7. The Kier molecular flexibility index (Phi) is 8.27. The Balaban J connectivity index is 1.30. The summed E-state index contributed by atoms with van der Waals surface area (Å²) in [5.41, 5.74) is -1.49. The summed E-state index contributed by atoms with van der Waals surface area (Å²) in [5.74, 6) is 0.999. The molecule has 1 saturated carbocycles. The number of carboxylic acid groups (broad SMARTS) is 1. The lowest BCUT2D eigenvalue weighted by atomic mass is 9.84. The van der Waals surface area contributed by atoms with Crippen LogP contribution in [0.25, 0.3) is 0 Å². The number of piperidine rings is 1. The first-order valence-corrected chi connectivity index (χ1v) is 14.1. The van der Waals surface area contributed by atoms with Crippen LogP contribution in [0.1, 0.15) is 46.0 Å². The Morgan fingerprint density at radius 1 is 0.857 bits per heavy atom. The molecule has 0 radical (unpaired) electrons. The molecule has 2 fully saturated rings. The number of carbonyl (C=O) groups is 2. The number of nitrogens with one attached hydrogen (secondary N) is 1. The molecule has 1 heterocycles. The number of hydrogen-bond donors (Lipinski definition) is 3. The third kappa shape index (κ3) is 7.30. The Labute approximate surface area is 243 Å². The number of nitrogens with zero attached hydrogens (tertiary/aromatic N) is 1. The second-order valence-corrected chi connectivity index (χ2v) is 11.5. The number of hydrogen-bond acceptors (Lipinski definition) is 6. The van der Waals surface area contributed by atoms with E-state index in [9.17, 15) is 24.2 Å². The molecule has 0 aromatic heterocycles. The Bertz CT molecular complexity index is 1410. The van der Waals surface area contributed by atoms with Crippen molar-refractivity contribution in [3.63, 3.8) is 0 Å². The van der Waals surface area contributed by atoms with Crippen LogP contribution in [0.5, 0.6) is 28.7 Å². The first kappa shape index (κ1) is 29.2. The summed E-state index contributed by atoms with van der Waals surface area (Å²) in [6, 6.07) is 16.8. The molecule has 0 spiro atoms. The van der Waals surface area contributed by atoms with Gasteiger partial charge in [-0.15, -0.1) is 0 Å². The van der Waals surface area contributed by atoms with Gasteiger partial charge in [0.2, 0.25) is 5.60 Å². The lowest BCUT2D eigenvalue weighted by Crippen LogP contribution is -2.48. The minimum absolute atomic E-state index is 0.305. The van der Waals surface area contributed by atoms with Gasteiger partial charge in [-0.05, 0) is 73.7 Å². The fraction of sp³-hybridized carbons (Fsp3) is 0.375. The number of ether oxygens (including phenoxy) is 3. The van der Waals surface area contributed by atoms with Gasteiger partial charge in [-0.1, -0.05) is 13.8 Å². The zero-order valence-corrected chi connectivity index (χ0v) is 23.6. The second-order valence-electron chi connectivity index (χ2n) is 11.5. The predicted molar refractivity (Wildman–Crippen MR) is 154 cm³/mol. The van der Waals surface area contributed by atoms with Gasteiger partial charge in [-0.2, -0.15) is 0 Å². The SMILES string of the molecule is CC(C)CC1(O)CCN(C(=O)Nc2cc(Oc3ccc(F)cc3)cc(Oc3ccc(OC4(C(=O)O)CC4)cc3)c2)CC1. The van der Waals surface area contributed by atoms with Crippen LogP contribution in [0.3, 0.4) is 0 Å². The highest BCUT2D eigenvalue weighted by Crippen LogP contribution is 2.41. The molecule has 0 bridgehead atoms. The van der Waals surface area contributed by atoms with E-state index in [-0.39, 0.29) is 6.03 Å². The highest BCUT2D eigenvalue weighted by atomic mass is 19.1. The molecule has 1 saturated heterocycles. The van der Waals surface area contributed by atoms with Crippen molar-refractivity contribution in [2.75, 3.05) is 18.4 Å². The van der Waals surface area contributed by atoms with Crippen molar-refractivity contribution in [1.82, 2.24) is 4.90 Å². The van der Waals surface area contributed by atoms with Crippen LogP contribution >= 0.6 is 0 Å². The largest absolute Gasteiger partial charge is 0.478 e. The molecule has 3 aromatic carbocycles. The van der Waals surface area contributed by atoms with Gasteiger partial charge in [0.05, 0.1) is 5.60 Å². The molecule has 222 valence electrons. The van der Waals surface area contributed by atoms with Crippen molar-refractivity contribution in [2.24, 2.45) is 5.92 Å². The van der Waals surface area contributed by atoms with Gasteiger partial charge >= 0.3 is 12.0 Å². The molecule has 3 aromatic rings. The van der Waals surface area contributed by atoms with Crippen LogP contribution < -0.4 is 19.5 Å². The predicted octanol–water partition coefficient (Wildman–Crippen LogP) is 6.81. The number of carbonyl (C=O) groups excluding carboxylic acids is 1. The smallest absolute Gasteiger partial charge is 0.348 e. The second kappa shape index (κ2) is 11.9. The van der Waals surface area contributed by atoms with Crippen LogP contribution in [0.2, 0.25) is 0 Å². The monoisotopic (exact) mass is 578 g/mol. The van der Waals surface area contributed by atoms with Gasteiger partial charge in [0.1, 0.15) is 34.6 Å². The molecule has 2 aliphatic rings. The van der Waals surface area contributed by atoms with E-state index in [1.807, 2.05) is 0 Å². The summed E-state index contributed by atoms with van der Waals surface area (Å²) in [6.45, 7) is 5.01. The van der Waals surface area contributed by atoms with Crippen LogP contribution in [0.15, 0.2) is 66.7 Å². The first-order chi connectivity index (χ1) is 20.0. The summed E-state index contributed by atoms with van der Waals surface area (Å²) in [5, 5.41) is 23.1. The molecule has 0 unspecified atom stereocenters. The molecule has 1 aliphatic carbocycles. The molecule has 1 aliphatic heterocycles. The Morgan fingerprint density at radius 3 is 1.88 bits per heavy atom. The maximum absolute atomic E-state index is 13.4. The zero-order chi connectivity index (χ0) is 29.9. The van der Waals surface area contributed by atoms with Crippen LogP contribution in [-0.2, 0) is 4.79 Å². The summed E-state index contributed by atoms with van der Waals surface area (Å²) < 4.78 is 31.0. The fourth-order valence-corrected chi connectivity index (χ4v) is 5.10. The average molecular weight is 579 g/mol. The van der Waals surface area contributed by atoms with Gasteiger partial charge in [0.15, 0.2) is 0 Å². The van der Waals surface area contributed by atoms with Crippen molar-refractivity contribution in [1.29, 1.82) is 0 Å². The highest BCUT2D eigenvalue weighted by molar-refractivity contribution is 5.90. The van der Waals surface area contributed by atoms with Gasteiger partial charge in [-0.25, -0.2) is 14.0 Å². The normalized spacial score (nSPS) is 16.9. The van der Waals surface area contributed by atoms with E-state index in [1.54, 1.807) is 47.4 Å². The van der Waals surface area contributed by atoms with Crippen molar-refractivity contribution >= 4 is 17.7 Å². The van der Waals surface area contributed by atoms with Crippen molar-refractivity contribution in [2.45, 2.75) is 57.2 Å². The summed E-state index contributed by atoms with van der Waals surface area (Å²) in [4.78, 5) is 26.2. The van der Waals surface area contributed by atoms with E-state index < -0.39 is 23.0 Å². The molecule has 42 heavy (non-hydrogen) atoms. The van der Waals surface area contributed by atoms with E-state index >= 15 is 0 Å². The molecule has 2 amide bonds. The minimum atomic E-state index is -1.15. The lowest BCUT2D eigenvalue weighted by molar-refractivity contribution is -0.147. The molecular weight excluding hydrogens is 543 g/mol. The molecule has 9 nitrogen and oxygen atoms in total. The number of aliphatic hydroxyl groups is 1. The number of anilines is 1. The number of rotatable bonds is 10. The number of carboxylic acids is 1. The summed E-state index contributed by atoms with van der Waals surface area (Å²) >= 11 is 0. The van der Waals surface area contributed by atoms with E-state index in [4.69, 9.17) is 14.2 Å². The van der Waals surface area contributed by atoms with Gasteiger partial charge in [0, 0.05) is 49.8 Å². The minimum Gasteiger partial charge on any atom is -0.478 e. The Morgan fingerprint density at radius 2 is 1.38 bits per heavy atom. The van der Waals surface area contributed by atoms with E-state index in [0.29, 0.717) is 85.5 Å². The third-order valence-corrected chi connectivity index (χ3v) is 7.42. The third-order valence-electron chi connectivity index (χ3n) is 7.42.